The first kappa shape index (κ1) is 9.49. The van der Waals surface area contributed by atoms with E-state index < -0.39 is 0 Å². The molecule has 1 heterocycles. The zero-order valence-electron chi connectivity index (χ0n) is 8.00. The van der Waals surface area contributed by atoms with Gasteiger partial charge < -0.3 is 5.43 Å². The number of hydrogen-bond acceptors (Lipinski definition) is 4. The van der Waals surface area contributed by atoms with Gasteiger partial charge in [0.25, 0.3) is 0 Å². The van der Waals surface area contributed by atoms with E-state index in [0.717, 1.165) is 5.69 Å². The first-order valence-electron chi connectivity index (χ1n) is 3.94. The van der Waals surface area contributed by atoms with Gasteiger partial charge in [0, 0.05) is 19.8 Å². The summed E-state index contributed by atoms with van der Waals surface area (Å²) in [7, 11) is 3.74. The molecule has 0 saturated heterocycles. The van der Waals surface area contributed by atoms with Crippen LogP contribution in [-0.4, -0.2) is 24.1 Å². The van der Waals surface area contributed by atoms with Gasteiger partial charge in [-0.2, -0.15) is 5.26 Å². The quantitative estimate of drug-likeness (QED) is 0.687. The summed E-state index contributed by atoms with van der Waals surface area (Å²) in [5, 5.41) is 10.5. The Balaban J connectivity index is 2.96. The first-order valence-corrected chi connectivity index (χ1v) is 3.94. The fraction of sp³-hybridized carbons (Fsp3) is 0.333. The van der Waals surface area contributed by atoms with Crippen LogP contribution in [0.25, 0.3) is 0 Å². The van der Waals surface area contributed by atoms with E-state index >= 15 is 0 Å². The Morgan fingerprint density at radius 3 is 2.69 bits per heavy atom. The van der Waals surface area contributed by atoms with Crippen LogP contribution in [0, 0.1) is 18.3 Å². The molecule has 0 radical (unpaired) electrons. The van der Waals surface area contributed by atoms with Crippen LogP contribution in [0.2, 0.25) is 0 Å². The maximum atomic E-state index is 8.70. The van der Waals surface area contributed by atoms with Crippen molar-refractivity contribution in [2.24, 2.45) is 0 Å². The highest BCUT2D eigenvalue weighted by Crippen LogP contribution is 2.08. The van der Waals surface area contributed by atoms with Crippen LogP contribution in [-0.2, 0) is 0 Å². The van der Waals surface area contributed by atoms with Crippen LogP contribution in [0.3, 0.4) is 0 Å². The lowest BCUT2D eigenvalue weighted by Gasteiger charge is -2.12. The number of hydrazine groups is 1. The van der Waals surface area contributed by atoms with Crippen LogP contribution >= 0.6 is 0 Å². The highest BCUT2D eigenvalue weighted by Gasteiger charge is 1.99. The summed E-state index contributed by atoms with van der Waals surface area (Å²) in [6, 6.07) is 5.55. The van der Waals surface area contributed by atoms with E-state index in [1.54, 1.807) is 17.1 Å². The smallest absolute Gasteiger partial charge is 0.141 e. The van der Waals surface area contributed by atoms with Crippen molar-refractivity contribution < 1.29 is 0 Å². The zero-order valence-corrected chi connectivity index (χ0v) is 8.00. The topological polar surface area (TPSA) is 52.0 Å². The van der Waals surface area contributed by atoms with Gasteiger partial charge >= 0.3 is 0 Å². The predicted octanol–water partition coefficient (Wildman–Crippen LogP) is 1.15. The van der Waals surface area contributed by atoms with Crippen molar-refractivity contribution in [3.05, 3.63) is 23.4 Å². The van der Waals surface area contributed by atoms with Crippen molar-refractivity contribution in [3.63, 3.8) is 0 Å². The lowest BCUT2D eigenvalue weighted by Crippen LogP contribution is -2.20. The second-order valence-corrected chi connectivity index (χ2v) is 3.00. The molecule has 0 fully saturated rings. The summed E-state index contributed by atoms with van der Waals surface area (Å²) in [5.41, 5.74) is 4.45. The molecule has 0 saturated carbocycles. The van der Waals surface area contributed by atoms with E-state index in [9.17, 15) is 0 Å². The van der Waals surface area contributed by atoms with Crippen LogP contribution in [0.15, 0.2) is 12.1 Å². The fourth-order valence-corrected chi connectivity index (χ4v) is 1.02. The molecule has 4 nitrogen and oxygen atoms in total. The van der Waals surface area contributed by atoms with Crippen LogP contribution in [0.1, 0.15) is 11.3 Å². The van der Waals surface area contributed by atoms with Gasteiger partial charge in [0.15, 0.2) is 0 Å². The summed E-state index contributed by atoms with van der Waals surface area (Å²) in [6.07, 6.45) is 0. The van der Waals surface area contributed by atoms with Gasteiger partial charge in [0.05, 0.1) is 11.6 Å². The average molecular weight is 176 g/mol. The Bertz CT molecular complexity index is 338. The number of nitrogens with one attached hydrogen (secondary N) is 1. The van der Waals surface area contributed by atoms with Gasteiger partial charge in [0.1, 0.15) is 5.82 Å². The lowest BCUT2D eigenvalue weighted by atomic mass is 10.2. The molecule has 13 heavy (non-hydrogen) atoms. The van der Waals surface area contributed by atoms with E-state index in [4.69, 9.17) is 5.26 Å². The minimum absolute atomic E-state index is 0.622. The van der Waals surface area contributed by atoms with Crippen molar-refractivity contribution in [3.8, 4) is 6.07 Å². The van der Waals surface area contributed by atoms with E-state index in [2.05, 4.69) is 16.5 Å². The molecule has 1 aromatic rings. The van der Waals surface area contributed by atoms with E-state index in [1.807, 2.05) is 21.0 Å². The number of pyridine rings is 1. The molecule has 0 atom stereocenters. The first-order chi connectivity index (χ1) is 6.11. The normalized spacial score (nSPS) is 9.77. The molecule has 4 heteroatoms. The molecule has 0 aliphatic rings. The van der Waals surface area contributed by atoms with Gasteiger partial charge in [0.2, 0.25) is 0 Å². The monoisotopic (exact) mass is 176 g/mol. The van der Waals surface area contributed by atoms with Crippen molar-refractivity contribution in [1.29, 1.82) is 5.26 Å². The van der Waals surface area contributed by atoms with Gasteiger partial charge in [-0.15, -0.1) is 0 Å². The second kappa shape index (κ2) is 3.87. The molecule has 0 aromatic carbocycles. The third kappa shape index (κ3) is 2.73. The van der Waals surface area contributed by atoms with E-state index in [1.165, 1.54) is 0 Å². The summed E-state index contributed by atoms with van der Waals surface area (Å²) in [6.45, 7) is 1.86. The molecule has 0 aliphatic heterocycles. The molecule has 0 aliphatic carbocycles. The average Bonchev–Trinajstić information content (AvgIpc) is 2.01. The third-order valence-electron chi connectivity index (χ3n) is 1.42. The molecule has 0 unspecified atom stereocenters. The number of hydrogen-bond donors (Lipinski definition) is 1. The highest BCUT2D eigenvalue weighted by atomic mass is 15.5. The summed E-state index contributed by atoms with van der Waals surface area (Å²) < 4.78 is 0. The Morgan fingerprint density at radius 1 is 1.46 bits per heavy atom. The van der Waals surface area contributed by atoms with Gasteiger partial charge in [-0.1, -0.05) is 0 Å². The van der Waals surface area contributed by atoms with Gasteiger partial charge in [-0.05, 0) is 19.1 Å². The Hall–Kier alpha value is -1.60. The summed E-state index contributed by atoms with van der Waals surface area (Å²) in [5.74, 6) is 0.696. The number of aromatic nitrogens is 1. The Kier molecular flexibility index (Phi) is 2.83. The van der Waals surface area contributed by atoms with Crippen LogP contribution < -0.4 is 5.43 Å². The second-order valence-electron chi connectivity index (χ2n) is 3.00. The summed E-state index contributed by atoms with van der Waals surface area (Å²) in [4.78, 5) is 4.22. The summed E-state index contributed by atoms with van der Waals surface area (Å²) >= 11 is 0. The number of aryl methyl sites for hydroxylation is 1. The molecule has 1 rings (SSSR count). The standard InChI is InChI=1S/C9H12N4/c1-7-4-8(6-10)5-9(11-7)12-13(2)3/h4-5H,1-3H3,(H,11,12). The predicted molar refractivity (Wildman–Crippen MR) is 51.0 cm³/mol. The fourth-order valence-electron chi connectivity index (χ4n) is 1.02. The van der Waals surface area contributed by atoms with Crippen molar-refractivity contribution >= 4 is 5.82 Å². The third-order valence-corrected chi connectivity index (χ3v) is 1.42. The SMILES string of the molecule is Cc1cc(C#N)cc(NN(C)C)n1. The maximum Gasteiger partial charge on any atom is 0.141 e. The molecular weight excluding hydrogens is 164 g/mol. The number of rotatable bonds is 2. The van der Waals surface area contributed by atoms with E-state index in [-0.39, 0.29) is 0 Å². The minimum Gasteiger partial charge on any atom is -0.304 e. The lowest BCUT2D eigenvalue weighted by molar-refractivity contribution is 0.492. The molecule has 0 spiro atoms. The molecule has 0 bridgehead atoms. The zero-order chi connectivity index (χ0) is 9.84. The van der Waals surface area contributed by atoms with Crippen molar-refractivity contribution in [2.75, 3.05) is 19.5 Å². The number of nitriles is 1. The Labute approximate surface area is 77.8 Å². The largest absolute Gasteiger partial charge is 0.304 e. The van der Waals surface area contributed by atoms with Gasteiger partial charge in [-0.25, -0.2) is 9.99 Å². The molecule has 1 N–H and O–H groups in total. The molecule has 1 aromatic heterocycles. The van der Waals surface area contributed by atoms with Gasteiger partial charge in [-0.3, -0.25) is 0 Å². The minimum atomic E-state index is 0.622. The number of nitrogens with zero attached hydrogens (tertiary/aromatic N) is 3. The molecule has 68 valence electrons. The maximum absolute atomic E-state index is 8.70. The van der Waals surface area contributed by atoms with Crippen molar-refractivity contribution in [2.45, 2.75) is 6.92 Å². The van der Waals surface area contributed by atoms with Crippen LogP contribution in [0.5, 0.6) is 0 Å². The number of anilines is 1. The molecular formula is C9H12N4. The van der Waals surface area contributed by atoms with E-state index in [0.29, 0.717) is 11.4 Å². The molecule has 0 amide bonds. The van der Waals surface area contributed by atoms with Crippen LogP contribution in [0.4, 0.5) is 5.82 Å². The van der Waals surface area contributed by atoms with Crippen molar-refractivity contribution in [1.82, 2.24) is 9.99 Å². The Morgan fingerprint density at radius 2 is 2.15 bits per heavy atom. The highest BCUT2D eigenvalue weighted by molar-refractivity contribution is 5.43.